The summed E-state index contributed by atoms with van der Waals surface area (Å²) in [5.41, 5.74) is -0.506. The summed E-state index contributed by atoms with van der Waals surface area (Å²) in [6.07, 6.45) is 1.12. The van der Waals surface area contributed by atoms with Gasteiger partial charge in [0, 0.05) is 5.41 Å². The second kappa shape index (κ2) is 4.63. The van der Waals surface area contributed by atoms with E-state index in [-0.39, 0.29) is 5.97 Å². The maximum atomic E-state index is 11.8. The predicted molar refractivity (Wildman–Crippen MR) is 75.6 cm³/mol. The minimum Gasteiger partial charge on any atom is -0.493 e. The van der Waals surface area contributed by atoms with E-state index in [4.69, 9.17) is 14.2 Å². The molecule has 1 aromatic rings. The van der Waals surface area contributed by atoms with E-state index >= 15 is 0 Å². The fourth-order valence-electron chi connectivity index (χ4n) is 3.73. The number of methoxy groups -OCH3 is 2. The van der Waals surface area contributed by atoms with Crippen molar-refractivity contribution in [3.05, 3.63) is 23.8 Å². The third-order valence-corrected chi connectivity index (χ3v) is 4.81. The molecule has 3 rings (SSSR count). The lowest BCUT2D eigenvalue weighted by Gasteiger charge is -2.31. The standard InChI is InChI=1S/C16H20O5/c1-15(18)6-7-16(9-13(17)21-14(15)16)10-4-5-11(19-2)12(8-10)20-3/h4-5,8,14,18H,6-7,9H2,1-3H3/t14?,15?,16-/m0/s1. The molecule has 0 spiro atoms. The van der Waals surface area contributed by atoms with Crippen LogP contribution in [0.15, 0.2) is 18.2 Å². The van der Waals surface area contributed by atoms with Crippen molar-refractivity contribution in [2.24, 2.45) is 0 Å². The van der Waals surface area contributed by atoms with Gasteiger partial charge in [0.1, 0.15) is 6.10 Å². The molecule has 21 heavy (non-hydrogen) atoms. The average Bonchev–Trinajstić information content (AvgIpc) is 2.94. The maximum absolute atomic E-state index is 11.8. The van der Waals surface area contributed by atoms with Crippen molar-refractivity contribution in [1.82, 2.24) is 0 Å². The molecule has 5 heteroatoms. The first-order valence-electron chi connectivity index (χ1n) is 7.07. The topological polar surface area (TPSA) is 65.0 Å². The van der Waals surface area contributed by atoms with Crippen LogP contribution >= 0.6 is 0 Å². The number of esters is 1. The van der Waals surface area contributed by atoms with Gasteiger partial charge in [-0.25, -0.2) is 0 Å². The average molecular weight is 292 g/mol. The Morgan fingerprint density at radius 2 is 1.95 bits per heavy atom. The summed E-state index contributed by atoms with van der Waals surface area (Å²) in [6, 6.07) is 5.64. The summed E-state index contributed by atoms with van der Waals surface area (Å²) in [7, 11) is 3.17. The highest BCUT2D eigenvalue weighted by Gasteiger charge is 2.62. The molecule has 1 aliphatic carbocycles. The molecule has 3 atom stereocenters. The van der Waals surface area contributed by atoms with E-state index in [2.05, 4.69) is 0 Å². The Kier molecular flexibility index (Phi) is 3.13. The second-order valence-electron chi connectivity index (χ2n) is 6.13. The van der Waals surface area contributed by atoms with Gasteiger partial charge in [-0.3, -0.25) is 4.79 Å². The zero-order valence-corrected chi connectivity index (χ0v) is 12.5. The number of hydrogen-bond donors (Lipinski definition) is 1. The van der Waals surface area contributed by atoms with Crippen molar-refractivity contribution in [1.29, 1.82) is 0 Å². The highest BCUT2D eigenvalue weighted by atomic mass is 16.6. The molecule has 1 heterocycles. The third kappa shape index (κ3) is 1.99. The maximum Gasteiger partial charge on any atom is 0.307 e. The summed E-state index contributed by atoms with van der Waals surface area (Å²) >= 11 is 0. The molecule has 1 aliphatic heterocycles. The van der Waals surface area contributed by atoms with Gasteiger partial charge in [-0.2, -0.15) is 0 Å². The predicted octanol–water partition coefficient (Wildman–Crippen LogP) is 1.80. The smallest absolute Gasteiger partial charge is 0.307 e. The van der Waals surface area contributed by atoms with Crippen LogP contribution in [0.25, 0.3) is 0 Å². The molecule has 2 fully saturated rings. The van der Waals surface area contributed by atoms with Gasteiger partial charge < -0.3 is 19.3 Å². The molecule has 2 aliphatic rings. The van der Waals surface area contributed by atoms with E-state index in [1.54, 1.807) is 21.1 Å². The molecule has 2 unspecified atom stereocenters. The Hall–Kier alpha value is -1.75. The van der Waals surface area contributed by atoms with Gasteiger partial charge in [-0.1, -0.05) is 6.07 Å². The number of carbonyl (C=O) groups is 1. The number of ether oxygens (including phenoxy) is 3. The van der Waals surface area contributed by atoms with Crippen molar-refractivity contribution < 1.29 is 24.1 Å². The Morgan fingerprint density at radius 3 is 2.62 bits per heavy atom. The number of rotatable bonds is 3. The number of benzene rings is 1. The van der Waals surface area contributed by atoms with E-state index in [9.17, 15) is 9.90 Å². The van der Waals surface area contributed by atoms with Crippen LogP contribution in [-0.4, -0.2) is 37.0 Å². The zero-order chi connectivity index (χ0) is 15.3. The Balaban J connectivity index is 2.08. The summed E-state index contributed by atoms with van der Waals surface area (Å²) in [5, 5.41) is 10.5. The molecular formula is C16H20O5. The number of fused-ring (bicyclic) bond motifs is 1. The zero-order valence-electron chi connectivity index (χ0n) is 12.5. The molecule has 0 radical (unpaired) electrons. The lowest BCUT2D eigenvalue weighted by molar-refractivity contribution is -0.150. The van der Waals surface area contributed by atoms with Crippen LogP contribution in [-0.2, 0) is 14.9 Å². The van der Waals surface area contributed by atoms with E-state index in [0.29, 0.717) is 30.8 Å². The summed E-state index contributed by atoms with van der Waals surface area (Å²) in [5.74, 6) is 1.01. The first kappa shape index (κ1) is 14.2. The van der Waals surface area contributed by atoms with E-state index < -0.39 is 17.1 Å². The molecule has 1 saturated carbocycles. The third-order valence-electron chi connectivity index (χ3n) is 4.81. The molecule has 0 amide bonds. The van der Waals surface area contributed by atoms with Gasteiger partial charge in [0.05, 0.1) is 26.2 Å². The van der Waals surface area contributed by atoms with Crippen molar-refractivity contribution in [3.63, 3.8) is 0 Å². The van der Waals surface area contributed by atoms with Crippen LogP contribution in [0, 0.1) is 0 Å². The molecule has 5 nitrogen and oxygen atoms in total. The molecule has 114 valence electrons. The van der Waals surface area contributed by atoms with Crippen LogP contribution in [0.5, 0.6) is 11.5 Å². The Morgan fingerprint density at radius 1 is 1.24 bits per heavy atom. The van der Waals surface area contributed by atoms with Crippen LogP contribution in [0.1, 0.15) is 31.7 Å². The lowest BCUT2D eigenvalue weighted by atomic mass is 9.74. The first-order chi connectivity index (χ1) is 9.93. The molecule has 0 bridgehead atoms. The fourth-order valence-corrected chi connectivity index (χ4v) is 3.73. The van der Waals surface area contributed by atoms with Gasteiger partial charge in [-0.05, 0) is 37.5 Å². The first-order valence-corrected chi connectivity index (χ1v) is 7.07. The fraction of sp³-hybridized carbons (Fsp3) is 0.562. The molecule has 1 N–H and O–H groups in total. The SMILES string of the molecule is COc1ccc([C@@]23CCC(C)(O)C2OC(=O)C3)cc1OC. The van der Waals surface area contributed by atoms with Crippen LogP contribution in [0.2, 0.25) is 0 Å². The van der Waals surface area contributed by atoms with Crippen LogP contribution < -0.4 is 9.47 Å². The van der Waals surface area contributed by atoms with Gasteiger partial charge in [0.25, 0.3) is 0 Å². The normalized spacial score (nSPS) is 34.5. The molecule has 1 aromatic carbocycles. The van der Waals surface area contributed by atoms with Gasteiger partial charge >= 0.3 is 5.97 Å². The van der Waals surface area contributed by atoms with Gasteiger partial charge in [0.15, 0.2) is 11.5 Å². The van der Waals surface area contributed by atoms with E-state index in [1.165, 1.54) is 0 Å². The minimum atomic E-state index is -0.987. The number of carbonyl (C=O) groups excluding carboxylic acids is 1. The van der Waals surface area contributed by atoms with Crippen molar-refractivity contribution in [3.8, 4) is 11.5 Å². The minimum absolute atomic E-state index is 0.255. The molecule has 0 aromatic heterocycles. The van der Waals surface area contributed by atoms with Crippen molar-refractivity contribution in [2.75, 3.05) is 14.2 Å². The van der Waals surface area contributed by atoms with Crippen LogP contribution in [0.4, 0.5) is 0 Å². The van der Waals surface area contributed by atoms with E-state index in [1.807, 2.05) is 18.2 Å². The molecular weight excluding hydrogens is 272 g/mol. The highest BCUT2D eigenvalue weighted by Crippen LogP contribution is 2.54. The monoisotopic (exact) mass is 292 g/mol. The largest absolute Gasteiger partial charge is 0.493 e. The van der Waals surface area contributed by atoms with Gasteiger partial charge in [0.2, 0.25) is 0 Å². The summed E-state index contributed by atoms with van der Waals surface area (Å²) in [6.45, 7) is 1.73. The molecule has 1 saturated heterocycles. The van der Waals surface area contributed by atoms with Crippen molar-refractivity contribution >= 4 is 5.97 Å². The second-order valence-corrected chi connectivity index (χ2v) is 6.13. The van der Waals surface area contributed by atoms with Crippen LogP contribution in [0.3, 0.4) is 0 Å². The lowest BCUT2D eigenvalue weighted by Crippen LogP contribution is -2.43. The Labute approximate surface area is 123 Å². The summed E-state index contributed by atoms with van der Waals surface area (Å²) < 4.78 is 16.0. The van der Waals surface area contributed by atoms with Gasteiger partial charge in [-0.15, -0.1) is 0 Å². The number of aliphatic hydroxyl groups is 1. The Bertz CT molecular complexity index is 580. The summed E-state index contributed by atoms with van der Waals surface area (Å²) in [4.78, 5) is 11.8. The van der Waals surface area contributed by atoms with E-state index in [0.717, 1.165) is 5.56 Å². The highest BCUT2D eigenvalue weighted by molar-refractivity contribution is 5.76. The number of hydrogen-bond acceptors (Lipinski definition) is 5. The quantitative estimate of drug-likeness (QED) is 0.861. The van der Waals surface area contributed by atoms with Crippen molar-refractivity contribution in [2.45, 2.75) is 43.3 Å².